The summed E-state index contributed by atoms with van der Waals surface area (Å²) in [5.74, 6) is -1.29. The number of aromatic nitrogens is 2. The molecule has 21 heavy (non-hydrogen) atoms. The monoisotopic (exact) mass is 327 g/mol. The summed E-state index contributed by atoms with van der Waals surface area (Å²) in [5, 5.41) is 19.3. The van der Waals surface area contributed by atoms with Gasteiger partial charge in [-0.1, -0.05) is 23.2 Å². The molecule has 0 radical (unpaired) electrons. The lowest BCUT2D eigenvalue weighted by Gasteiger charge is -2.07. The van der Waals surface area contributed by atoms with Crippen LogP contribution in [0.3, 0.4) is 0 Å². The molecule has 1 aromatic carbocycles. The van der Waals surface area contributed by atoms with Crippen molar-refractivity contribution in [2.24, 2.45) is 4.99 Å². The number of phenols is 1. The largest absolute Gasteiger partial charge is 0.506 e. The van der Waals surface area contributed by atoms with Gasteiger partial charge < -0.3 is 15.2 Å². The van der Waals surface area contributed by atoms with Crippen molar-refractivity contribution in [2.45, 2.75) is 12.5 Å². The summed E-state index contributed by atoms with van der Waals surface area (Å²) in [7, 11) is 0. The highest BCUT2D eigenvalue weighted by atomic mass is 35.5. The number of aromatic hydroxyl groups is 1. The Bertz CT molecular complexity index is 672. The molecule has 0 amide bonds. The fraction of sp³-hybridized carbons (Fsp3) is 0.154. The number of H-pyrrole nitrogens is 1. The molecule has 0 aliphatic carbocycles. The van der Waals surface area contributed by atoms with Crippen LogP contribution in [0.1, 0.15) is 11.3 Å². The van der Waals surface area contributed by atoms with E-state index in [0.29, 0.717) is 10.7 Å². The average Bonchev–Trinajstić information content (AvgIpc) is 2.92. The van der Waals surface area contributed by atoms with Crippen LogP contribution in [-0.2, 0) is 11.2 Å². The van der Waals surface area contributed by atoms with E-state index in [2.05, 4.69) is 15.0 Å². The van der Waals surface area contributed by atoms with E-state index in [1.165, 1.54) is 30.9 Å². The Morgan fingerprint density at radius 1 is 1.48 bits per heavy atom. The van der Waals surface area contributed by atoms with Gasteiger partial charge in [-0.2, -0.15) is 0 Å². The van der Waals surface area contributed by atoms with Gasteiger partial charge in [0.25, 0.3) is 0 Å². The van der Waals surface area contributed by atoms with E-state index in [1.54, 1.807) is 0 Å². The molecular weight excluding hydrogens is 317 g/mol. The van der Waals surface area contributed by atoms with Gasteiger partial charge in [-0.3, -0.25) is 4.99 Å². The summed E-state index contributed by atoms with van der Waals surface area (Å²) in [6, 6.07) is 1.82. The van der Waals surface area contributed by atoms with Crippen molar-refractivity contribution >= 4 is 35.4 Å². The Morgan fingerprint density at radius 3 is 2.86 bits per heavy atom. The van der Waals surface area contributed by atoms with Crippen LogP contribution < -0.4 is 0 Å². The molecule has 0 saturated heterocycles. The number of carboxylic acid groups (broad SMARTS) is 1. The van der Waals surface area contributed by atoms with E-state index in [4.69, 9.17) is 28.3 Å². The molecule has 2 aromatic rings. The molecule has 1 aromatic heterocycles. The summed E-state index contributed by atoms with van der Waals surface area (Å²) in [4.78, 5) is 21.8. The smallest absolute Gasteiger partial charge is 0.328 e. The molecular formula is C13H11Cl2N3O3. The minimum absolute atomic E-state index is 0.0735. The molecule has 110 valence electrons. The number of hydrogen-bond acceptors (Lipinski definition) is 4. The number of aliphatic imine (C=N–C) groups is 1. The lowest BCUT2D eigenvalue weighted by Crippen LogP contribution is -2.21. The minimum atomic E-state index is -1.09. The first kappa shape index (κ1) is 15.3. The van der Waals surface area contributed by atoms with Gasteiger partial charge in [-0.05, 0) is 12.1 Å². The molecule has 2 rings (SSSR count). The predicted molar refractivity (Wildman–Crippen MR) is 79.4 cm³/mol. The Hall–Kier alpha value is -2.05. The number of phenolic OH excluding ortho intramolecular Hbond substituents is 1. The molecule has 8 heteroatoms. The molecule has 0 spiro atoms. The second kappa shape index (κ2) is 6.60. The number of nitrogens with zero attached hydrogens (tertiary/aromatic N) is 2. The van der Waals surface area contributed by atoms with Crippen molar-refractivity contribution in [3.63, 3.8) is 0 Å². The summed E-state index contributed by atoms with van der Waals surface area (Å²) in [5.41, 5.74) is 0.899. The third kappa shape index (κ3) is 3.96. The molecule has 1 heterocycles. The number of benzene rings is 1. The van der Waals surface area contributed by atoms with Gasteiger partial charge in [0, 0.05) is 35.1 Å². The number of imidazole rings is 1. The zero-order valence-corrected chi connectivity index (χ0v) is 12.1. The summed E-state index contributed by atoms with van der Waals surface area (Å²) in [6.45, 7) is 0. The van der Waals surface area contributed by atoms with Crippen molar-refractivity contribution < 1.29 is 15.0 Å². The van der Waals surface area contributed by atoms with Gasteiger partial charge in [-0.15, -0.1) is 0 Å². The number of carboxylic acids is 1. The second-order valence-corrected chi connectivity index (χ2v) is 5.08. The van der Waals surface area contributed by atoms with Gasteiger partial charge in [-0.25, -0.2) is 9.78 Å². The number of carbonyl (C=O) groups is 1. The molecule has 1 unspecified atom stereocenters. The maximum Gasteiger partial charge on any atom is 0.328 e. The van der Waals surface area contributed by atoms with Crippen molar-refractivity contribution in [1.82, 2.24) is 9.97 Å². The Morgan fingerprint density at radius 2 is 2.24 bits per heavy atom. The zero-order chi connectivity index (χ0) is 15.4. The normalized spacial score (nSPS) is 12.7. The number of nitrogens with one attached hydrogen (secondary N) is 1. The van der Waals surface area contributed by atoms with E-state index < -0.39 is 12.0 Å². The molecule has 0 bridgehead atoms. The lowest BCUT2D eigenvalue weighted by molar-refractivity contribution is -0.138. The molecule has 0 saturated carbocycles. The van der Waals surface area contributed by atoms with Crippen LogP contribution in [0.25, 0.3) is 0 Å². The van der Waals surface area contributed by atoms with Crippen LogP contribution in [-0.4, -0.2) is 38.4 Å². The quantitative estimate of drug-likeness (QED) is 0.735. The second-order valence-electron chi connectivity index (χ2n) is 4.24. The third-order valence-corrected chi connectivity index (χ3v) is 3.21. The molecule has 0 aliphatic rings. The molecule has 0 aliphatic heterocycles. The molecule has 3 N–H and O–H groups in total. The van der Waals surface area contributed by atoms with Crippen LogP contribution in [0.15, 0.2) is 29.6 Å². The van der Waals surface area contributed by atoms with E-state index in [9.17, 15) is 9.90 Å². The average molecular weight is 328 g/mol. The van der Waals surface area contributed by atoms with E-state index in [0.717, 1.165) is 0 Å². The SMILES string of the molecule is O=C(O)C(Cc1cnc[nH]1)N=Cc1cc(Cl)cc(Cl)c1O. The molecule has 0 fully saturated rings. The van der Waals surface area contributed by atoms with Crippen LogP contribution >= 0.6 is 23.2 Å². The van der Waals surface area contributed by atoms with Gasteiger partial charge in [0.2, 0.25) is 0 Å². The van der Waals surface area contributed by atoms with Crippen molar-refractivity contribution in [3.8, 4) is 5.75 Å². The van der Waals surface area contributed by atoms with Crippen LogP contribution in [0.2, 0.25) is 10.0 Å². The topological polar surface area (TPSA) is 98.6 Å². The van der Waals surface area contributed by atoms with E-state index >= 15 is 0 Å². The lowest BCUT2D eigenvalue weighted by atomic mass is 10.1. The summed E-state index contributed by atoms with van der Waals surface area (Å²) < 4.78 is 0. The number of aliphatic carboxylic acids is 1. The third-order valence-electron chi connectivity index (χ3n) is 2.70. The minimum Gasteiger partial charge on any atom is -0.506 e. The van der Waals surface area contributed by atoms with Gasteiger partial charge in [0.05, 0.1) is 11.3 Å². The van der Waals surface area contributed by atoms with Crippen LogP contribution in [0.4, 0.5) is 0 Å². The Kier molecular flexibility index (Phi) is 4.82. The van der Waals surface area contributed by atoms with Crippen LogP contribution in [0, 0.1) is 0 Å². The first-order valence-electron chi connectivity index (χ1n) is 5.88. The molecule has 1 atom stereocenters. The van der Waals surface area contributed by atoms with Gasteiger partial charge >= 0.3 is 5.97 Å². The number of aromatic amines is 1. The highest BCUT2D eigenvalue weighted by molar-refractivity contribution is 6.36. The predicted octanol–water partition coefficient (Wildman–Crippen LogP) is 2.54. The summed E-state index contributed by atoms with van der Waals surface area (Å²) in [6.07, 6.45) is 4.38. The van der Waals surface area contributed by atoms with Crippen molar-refractivity contribution in [2.75, 3.05) is 0 Å². The standard InChI is InChI=1S/C13H11Cl2N3O3/c14-8-1-7(12(19)10(15)2-8)4-17-11(13(20)21)3-9-5-16-6-18-9/h1-2,4-6,11,19H,3H2,(H,16,18)(H,20,21). The fourth-order valence-corrected chi connectivity index (χ4v) is 2.17. The van der Waals surface area contributed by atoms with Gasteiger partial charge in [0.15, 0.2) is 6.04 Å². The Labute approximate surface area is 130 Å². The van der Waals surface area contributed by atoms with E-state index in [1.807, 2.05) is 0 Å². The summed E-state index contributed by atoms with van der Waals surface area (Å²) >= 11 is 11.6. The zero-order valence-electron chi connectivity index (χ0n) is 10.6. The highest BCUT2D eigenvalue weighted by Gasteiger charge is 2.17. The van der Waals surface area contributed by atoms with E-state index in [-0.39, 0.29) is 22.8 Å². The van der Waals surface area contributed by atoms with Crippen molar-refractivity contribution in [3.05, 3.63) is 46.0 Å². The number of rotatable bonds is 5. The highest BCUT2D eigenvalue weighted by Crippen LogP contribution is 2.30. The van der Waals surface area contributed by atoms with Crippen LogP contribution in [0.5, 0.6) is 5.75 Å². The first-order valence-corrected chi connectivity index (χ1v) is 6.64. The maximum atomic E-state index is 11.2. The first-order chi connectivity index (χ1) is 9.97. The maximum absolute atomic E-state index is 11.2. The number of hydrogen-bond donors (Lipinski definition) is 3. The Balaban J connectivity index is 2.22. The number of halogens is 2. The van der Waals surface area contributed by atoms with Crippen molar-refractivity contribution in [1.29, 1.82) is 0 Å². The molecule has 6 nitrogen and oxygen atoms in total. The van der Waals surface area contributed by atoms with Gasteiger partial charge in [0.1, 0.15) is 5.75 Å². The fourth-order valence-electron chi connectivity index (χ4n) is 1.66.